The molecule has 2 aromatic rings. The fraction of sp³-hybridized carbons (Fsp3) is 0.350. The van der Waals surface area contributed by atoms with Crippen LogP contribution in [0.2, 0.25) is 0 Å². The number of carbonyl (C=O) groups excluding carboxylic acids is 2. The smallest absolute Gasteiger partial charge is 0.433 e. The molecule has 29 heavy (non-hydrogen) atoms. The number of para-hydroxylation sites is 1. The van der Waals surface area contributed by atoms with Crippen molar-refractivity contribution in [2.75, 3.05) is 25.5 Å². The molecule has 0 unspecified atom stereocenters. The highest BCUT2D eigenvalue weighted by molar-refractivity contribution is 5.97. The number of nitrogens with one attached hydrogen (secondary N) is 1. The summed E-state index contributed by atoms with van der Waals surface area (Å²) < 4.78 is 43.0. The van der Waals surface area contributed by atoms with Crippen LogP contribution in [-0.2, 0) is 22.2 Å². The van der Waals surface area contributed by atoms with Gasteiger partial charge in [-0.3, -0.25) is 9.59 Å². The average Bonchev–Trinajstić information content (AvgIpc) is 3.07. The standard InChI is InChI=1S/C20H20F3N3O3/c1-29-16-5-3-2-4-13(16)8-9-26-12-14(10-18(26)27)19(28)25-15-6-7-17(24-11-15)20(21,22)23/h2-7,11,14H,8-10,12H2,1H3,(H,25,28)/t14-/m1/s1. The highest BCUT2D eigenvalue weighted by Gasteiger charge is 2.35. The fourth-order valence-corrected chi connectivity index (χ4v) is 3.21. The van der Waals surface area contributed by atoms with E-state index in [1.54, 1.807) is 12.0 Å². The minimum atomic E-state index is -4.54. The van der Waals surface area contributed by atoms with Crippen LogP contribution in [0.3, 0.4) is 0 Å². The summed E-state index contributed by atoms with van der Waals surface area (Å²) in [5, 5.41) is 2.53. The number of benzene rings is 1. The number of nitrogens with zero attached hydrogens (tertiary/aromatic N) is 2. The Labute approximate surface area is 165 Å². The molecule has 6 nitrogen and oxygen atoms in total. The normalized spacial score (nSPS) is 16.8. The van der Waals surface area contributed by atoms with Crippen molar-refractivity contribution in [2.24, 2.45) is 5.92 Å². The lowest BCUT2D eigenvalue weighted by Crippen LogP contribution is -2.30. The first kappa shape index (κ1) is 20.6. The molecule has 1 atom stereocenters. The first-order valence-electron chi connectivity index (χ1n) is 9.01. The van der Waals surface area contributed by atoms with Crippen molar-refractivity contribution >= 4 is 17.5 Å². The number of alkyl halides is 3. The zero-order valence-corrected chi connectivity index (χ0v) is 15.7. The van der Waals surface area contributed by atoms with Gasteiger partial charge in [0.15, 0.2) is 0 Å². The number of hydrogen-bond donors (Lipinski definition) is 1. The molecule has 1 aromatic heterocycles. The first-order chi connectivity index (χ1) is 13.8. The predicted molar refractivity (Wildman–Crippen MR) is 99.3 cm³/mol. The maximum Gasteiger partial charge on any atom is 0.433 e. The van der Waals surface area contributed by atoms with E-state index in [1.807, 2.05) is 24.3 Å². The van der Waals surface area contributed by atoms with Crippen LogP contribution in [0.4, 0.5) is 18.9 Å². The molecule has 3 rings (SSSR count). The summed E-state index contributed by atoms with van der Waals surface area (Å²) >= 11 is 0. The first-order valence-corrected chi connectivity index (χ1v) is 9.01. The van der Waals surface area contributed by atoms with E-state index >= 15 is 0 Å². The molecule has 0 bridgehead atoms. The van der Waals surface area contributed by atoms with Gasteiger partial charge in [0.25, 0.3) is 0 Å². The largest absolute Gasteiger partial charge is 0.496 e. The van der Waals surface area contributed by atoms with Crippen molar-refractivity contribution in [3.05, 3.63) is 53.9 Å². The van der Waals surface area contributed by atoms with Gasteiger partial charge in [0.05, 0.1) is 24.9 Å². The van der Waals surface area contributed by atoms with Gasteiger partial charge in [-0.05, 0) is 30.2 Å². The van der Waals surface area contributed by atoms with Crippen molar-refractivity contribution in [3.8, 4) is 5.75 Å². The van der Waals surface area contributed by atoms with Gasteiger partial charge in [-0.2, -0.15) is 13.2 Å². The van der Waals surface area contributed by atoms with E-state index in [-0.39, 0.29) is 24.6 Å². The van der Waals surface area contributed by atoms with Crippen molar-refractivity contribution in [1.29, 1.82) is 0 Å². The molecular formula is C20H20F3N3O3. The molecule has 0 aliphatic carbocycles. The lowest BCUT2D eigenvalue weighted by Gasteiger charge is -2.17. The van der Waals surface area contributed by atoms with Crippen molar-refractivity contribution in [2.45, 2.75) is 19.0 Å². The van der Waals surface area contributed by atoms with Crippen LogP contribution in [0.5, 0.6) is 5.75 Å². The predicted octanol–water partition coefficient (Wildman–Crippen LogP) is 3.14. The highest BCUT2D eigenvalue weighted by atomic mass is 19.4. The number of hydrogen-bond acceptors (Lipinski definition) is 4. The highest BCUT2D eigenvalue weighted by Crippen LogP contribution is 2.28. The maximum absolute atomic E-state index is 12.6. The van der Waals surface area contributed by atoms with Gasteiger partial charge in [0.2, 0.25) is 11.8 Å². The number of rotatable bonds is 6. The Hall–Kier alpha value is -3.10. The van der Waals surface area contributed by atoms with E-state index in [4.69, 9.17) is 4.74 Å². The van der Waals surface area contributed by atoms with Crippen molar-refractivity contribution < 1.29 is 27.5 Å². The third kappa shape index (κ3) is 5.04. The van der Waals surface area contributed by atoms with Crippen LogP contribution in [0.25, 0.3) is 0 Å². The third-order valence-corrected chi connectivity index (χ3v) is 4.75. The maximum atomic E-state index is 12.6. The molecule has 154 valence electrons. The molecule has 1 aromatic carbocycles. The number of methoxy groups -OCH3 is 1. The second kappa shape index (κ2) is 8.50. The van der Waals surface area contributed by atoms with Gasteiger partial charge >= 0.3 is 6.18 Å². The van der Waals surface area contributed by atoms with Gasteiger partial charge < -0.3 is 15.0 Å². The summed E-state index contributed by atoms with van der Waals surface area (Å²) in [6.45, 7) is 0.707. The van der Waals surface area contributed by atoms with Crippen molar-refractivity contribution in [3.63, 3.8) is 0 Å². The molecule has 2 heterocycles. The Balaban J connectivity index is 1.56. The number of ether oxygens (including phenoxy) is 1. The van der Waals surface area contributed by atoms with Crippen LogP contribution in [0, 0.1) is 5.92 Å². The van der Waals surface area contributed by atoms with E-state index in [2.05, 4.69) is 10.3 Å². The second-order valence-corrected chi connectivity index (χ2v) is 6.72. The number of aromatic nitrogens is 1. The van der Waals surface area contributed by atoms with E-state index < -0.39 is 23.7 Å². The topological polar surface area (TPSA) is 71.5 Å². The Morgan fingerprint density at radius 2 is 2.03 bits per heavy atom. The average molecular weight is 407 g/mol. The molecule has 1 aliphatic heterocycles. The minimum absolute atomic E-state index is 0.0613. The Morgan fingerprint density at radius 1 is 1.28 bits per heavy atom. The van der Waals surface area contributed by atoms with E-state index in [9.17, 15) is 22.8 Å². The lowest BCUT2D eigenvalue weighted by molar-refractivity contribution is -0.141. The molecule has 1 N–H and O–H groups in total. The Kier molecular flexibility index (Phi) is 6.05. The molecule has 0 saturated carbocycles. The molecule has 2 amide bonds. The lowest BCUT2D eigenvalue weighted by atomic mass is 10.1. The minimum Gasteiger partial charge on any atom is -0.496 e. The summed E-state index contributed by atoms with van der Waals surface area (Å²) in [5.74, 6) is -0.379. The third-order valence-electron chi connectivity index (χ3n) is 4.75. The zero-order valence-electron chi connectivity index (χ0n) is 15.7. The van der Waals surface area contributed by atoms with E-state index in [0.717, 1.165) is 29.6 Å². The number of pyridine rings is 1. The van der Waals surface area contributed by atoms with Crippen LogP contribution in [0.15, 0.2) is 42.6 Å². The van der Waals surface area contributed by atoms with Gasteiger partial charge in [0, 0.05) is 19.5 Å². The molecule has 9 heteroatoms. The Morgan fingerprint density at radius 3 is 2.69 bits per heavy atom. The molecule has 1 aliphatic rings. The zero-order chi connectivity index (χ0) is 21.0. The van der Waals surface area contributed by atoms with Gasteiger partial charge in [-0.25, -0.2) is 4.98 Å². The molecule has 1 fully saturated rings. The fourth-order valence-electron chi connectivity index (χ4n) is 3.21. The quantitative estimate of drug-likeness (QED) is 0.799. The number of halogens is 3. The molecular weight excluding hydrogens is 387 g/mol. The van der Waals surface area contributed by atoms with Crippen LogP contribution in [-0.4, -0.2) is 41.9 Å². The van der Waals surface area contributed by atoms with Gasteiger partial charge in [-0.15, -0.1) is 0 Å². The summed E-state index contributed by atoms with van der Waals surface area (Å²) in [6.07, 6.45) is -2.93. The van der Waals surface area contributed by atoms with Crippen LogP contribution >= 0.6 is 0 Å². The van der Waals surface area contributed by atoms with Crippen molar-refractivity contribution in [1.82, 2.24) is 9.88 Å². The van der Waals surface area contributed by atoms with Gasteiger partial charge in [-0.1, -0.05) is 18.2 Å². The van der Waals surface area contributed by atoms with Crippen LogP contribution < -0.4 is 10.1 Å². The van der Waals surface area contributed by atoms with E-state index in [0.29, 0.717) is 13.0 Å². The van der Waals surface area contributed by atoms with Crippen LogP contribution in [0.1, 0.15) is 17.7 Å². The molecule has 1 saturated heterocycles. The molecule has 0 radical (unpaired) electrons. The monoisotopic (exact) mass is 407 g/mol. The Bertz CT molecular complexity index is 885. The second-order valence-electron chi connectivity index (χ2n) is 6.72. The SMILES string of the molecule is COc1ccccc1CCN1C[C@H](C(=O)Nc2ccc(C(F)(F)F)nc2)CC1=O. The summed E-state index contributed by atoms with van der Waals surface area (Å²) in [6, 6.07) is 9.45. The summed E-state index contributed by atoms with van der Waals surface area (Å²) in [5.41, 5.74) is 0.0866. The summed E-state index contributed by atoms with van der Waals surface area (Å²) in [4.78, 5) is 29.6. The summed E-state index contributed by atoms with van der Waals surface area (Å²) in [7, 11) is 1.58. The van der Waals surface area contributed by atoms with E-state index in [1.165, 1.54) is 0 Å². The number of carbonyl (C=O) groups is 2. The molecule has 0 spiro atoms. The number of likely N-dealkylation sites (tertiary alicyclic amines) is 1. The number of amides is 2. The van der Waals surface area contributed by atoms with Gasteiger partial charge in [0.1, 0.15) is 11.4 Å². The number of anilines is 1.